The number of pyridine rings is 1. The minimum absolute atomic E-state index is 0.160. The number of amides is 1. The lowest BCUT2D eigenvalue weighted by atomic mass is 10.1. The summed E-state index contributed by atoms with van der Waals surface area (Å²) in [5.74, 6) is 0. The number of thiol groups is 1. The molecule has 6 heteroatoms. The first kappa shape index (κ1) is 19.8. The smallest absolute Gasteiger partial charge is 0.410 e. The van der Waals surface area contributed by atoms with Crippen LogP contribution in [-0.2, 0) is 15.5 Å². The van der Waals surface area contributed by atoms with Crippen molar-refractivity contribution < 1.29 is 13.7 Å². The molecule has 1 aliphatic rings. The van der Waals surface area contributed by atoms with Crippen molar-refractivity contribution in [2.75, 3.05) is 13.1 Å². The van der Waals surface area contributed by atoms with Gasteiger partial charge in [0.15, 0.2) is 0 Å². The zero-order valence-electron chi connectivity index (χ0n) is 14.5. The van der Waals surface area contributed by atoms with Crippen LogP contribution in [0, 0.1) is 6.92 Å². The van der Waals surface area contributed by atoms with E-state index in [9.17, 15) is 4.79 Å². The van der Waals surface area contributed by atoms with Gasteiger partial charge in [-0.15, -0.1) is 0 Å². The van der Waals surface area contributed by atoms with E-state index in [2.05, 4.69) is 22.1 Å². The van der Waals surface area contributed by atoms with Gasteiger partial charge < -0.3 is 13.8 Å². The Hall–Kier alpha value is -1.27. The molecule has 0 unspecified atom stereocenters. The molecule has 2 heterocycles. The largest absolute Gasteiger partial charge is 0.444 e. The molecule has 0 N–H and O–H groups in total. The van der Waals surface area contributed by atoms with E-state index in [0.29, 0.717) is 6.61 Å². The molecule has 2 rings (SSSR count). The number of ether oxygens (including phenoxy) is 1. The van der Waals surface area contributed by atoms with E-state index in [1.165, 1.54) is 6.42 Å². The van der Waals surface area contributed by atoms with Gasteiger partial charge in [-0.05, 0) is 77.6 Å². The highest BCUT2D eigenvalue weighted by atomic mass is 32.1. The zero-order valence-corrected chi connectivity index (χ0v) is 15.4. The molecule has 1 aliphatic heterocycles. The maximum absolute atomic E-state index is 11.5. The van der Waals surface area contributed by atoms with Crippen molar-refractivity contribution in [2.45, 2.75) is 59.2 Å². The number of aryl methyl sites for hydroxylation is 1. The molecule has 0 atom stereocenters. The number of hydrogen-bond acceptors (Lipinski definition) is 5. The zero-order chi connectivity index (χ0) is 17.3. The molecule has 1 saturated heterocycles. The van der Waals surface area contributed by atoms with Gasteiger partial charge >= 0.3 is 6.09 Å². The number of hydrogen-bond donors (Lipinski definition) is 1. The van der Waals surface area contributed by atoms with Crippen LogP contribution in [0.4, 0.5) is 4.79 Å². The Morgan fingerprint density at radius 2 is 1.96 bits per heavy atom. The lowest BCUT2D eigenvalue weighted by Gasteiger charge is -2.29. The van der Waals surface area contributed by atoms with Crippen molar-refractivity contribution in [2.24, 2.45) is 0 Å². The van der Waals surface area contributed by atoms with E-state index in [1.54, 1.807) is 11.1 Å². The van der Waals surface area contributed by atoms with Crippen LogP contribution < -0.4 is 0 Å². The lowest BCUT2D eigenvalue weighted by molar-refractivity contribution is 0.0216. The van der Waals surface area contributed by atoms with Gasteiger partial charge in [-0.3, -0.25) is 4.98 Å². The van der Waals surface area contributed by atoms with Crippen molar-refractivity contribution in [3.63, 3.8) is 0 Å². The molecule has 0 radical (unpaired) electrons. The normalized spacial score (nSPS) is 14.7. The molecule has 1 aromatic heterocycles. The topological polar surface area (TPSA) is 51.7 Å². The second kappa shape index (κ2) is 9.78. The number of carbonyl (C=O) groups is 1. The predicted molar refractivity (Wildman–Crippen MR) is 94.4 cm³/mol. The van der Waals surface area contributed by atoms with Gasteiger partial charge in [-0.1, -0.05) is 0 Å². The Bertz CT molecular complexity index is 483. The summed E-state index contributed by atoms with van der Waals surface area (Å²) in [7, 11) is 0. The second-order valence-corrected chi connectivity index (χ2v) is 6.87. The third kappa shape index (κ3) is 8.81. The molecule has 0 aromatic carbocycles. The fraction of sp³-hybridized carbons (Fsp3) is 0.647. The molecule has 1 amide bonds. The van der Waals surface area contributed by atoms with Gasteiger partial charge in [0.25, 0.3) is 0 Å². The van der Waals surface area contributed by atoms with E-state index in [0.717, 1.165) is 37.2 Å². The Morgan fingerprint density at radius 1 is 1.30 bits per heavy atom. The summed E-state index contributed by atoms with van der Waals surface area (Å²) in [4.78, 5) is 17.4. The van der Waals surface area contributed by atoms with Crippen molar-refractivity contribution in [3.05, 3.63) is 29.6 Å². The first-order valence-electron chi connectivity index (χ1n) is 7.97. The van der Waals surface area contributed by atoms with E-state index in [4.69, 9.17) is 4.74 Å². The first-order valence-corrected chi connectivity index (χ1v) is 8.34. The van der Waals surface area contributed by atoms with Crippen molar-refractivity contribution in [3.8, 4) is 0 Å². The summed E-state index contributed by atoms with van der Waals surface area (Å²) in [5.41, 5.74) is 1.74. The van der Waals surface area contributed by atoms with E-state index >= 15 is 0 Å². The van der Waals surface area contributed by atoms with Gasteiger partial charge in [0.1, 0.15) is 5.60 Å². The Balaban J connectivity index is 0.000000238. The SMILES string of the molecule is CC(C)(C)OC(=O)N1CCCCC1.Cc1cc(COS)ccn1. The fourth-order valence-electron chi connectivity index (χ4n) is 2.17. The standard InChI is InChI=1S/C10H19NO2.C7H9NOS/c1-10(2,3)13-9(12)11-7-5-4-6-8-11;1-6-4-7(5-9-10)2-3-8-6/h4-8H2,1-3H3;2-4,10H,5H2,1H3. The van der Waals surface area contributed by atoms with Gasteiger partial charge in [-0.25, -0.2) is 4.79 Å². The average Bonchev–Trinajstić information content (AvgIpc) is 2.47. The summed E-state index contributed by atoms with van der Waals surface area (Å²) < 4.78 is 9.91. The van der Waals surface area contributed by atoms with Crippen LogP contribution in [0.1, 0.15) is 51.3 Å². The van der Waals surface area contributed by atoms with Crippen LogP contribution in [0.3, 0.4) is 0 Å². The van der Waals surface area contributed by atoms with Crippen molar-refractivity contribution in [1.82, 2.24) is 9.88 Å². The highest BCUT2D eigenvalue weighted by molar-refractivity contribution is 7.75. The van der Waals surface area contributed by atoms with Gasteiger partial charge in [-0.2, -0.15) is 0 Å². The molecular weight excluding hydrogens is 312 g/mol. The number of likely N-dealkylation sites (tertiary alicyclic amines) is 1. The van der Waals surface area contributed by atoms with Gasteiger partial charge in [0.05, 0.1) is 6.61 Å². The number of aromatic nitrogens is 1. The third-order valence-electron chi connectivity index (χ3n) is 3.20. The van der Waals surface area contributed by atoms with Crippen LogP contribution in [-0.4, -0.2) is 34.7 Å². The molecule has 0 saturated carbocycles. The fourth-order valence-corrected chi connectivity index (χ4v) is 2.32. The molecule has 5 nitrogen and oxygen atoms in total. The molecule has 23 heavy (non-hydrogen) atoms. The molecule has 0 aliphatic carbocycles. The lowest BCUT2D eigenvalue weighted by Crippen LogP contribution is -2.39. The monoisotopic (exact) mass is 340 g/mol. The maximum atomic E-state index is 11.5. The van der Waals surface area contributed by atoms with Crippen LogP contribution in [0.15, 0.2) is 18.3 Å². The Morgan fingerprint density at radius 3 is 2.48 bits per heavy atom. The summed E-state index contributed by atoms with van der Waals surface area (Å²) >= 11 is 3.65. The molecule has 130 valence electrons. The van der Waals surface area contributed by atoms with E-state index in [1.807, 2.05) is 39.8 Å². The van der Waals surface area contributed by atoms with Crippen LogP contribution in [0.5, 0.6) is 0 Å². The van der Waals surface area contributed by atoms with Gasteiger partial charge in [0.2, 0.25) is 0 Å². The highest BCUT2D eigenvalue weighted by Crippen LogP contribution is 2.14. The van der Waals surface area contributed by atoms with E-state index < -0.39 is 0 Å². The number of nitrogens with zero attached hydrogens (tertiary/aromatic N) is 2. The summed E-state index contributed by atoms with van der Waals surface area (Å²) in [6.45, 7) is 9.89. The molecule has 0 bridgehead atoms. The quantitative estimate of drug-likeness (QED) is 0.649. The summed E-state index contributed by atoms with van der Waals surface area (Å²) in [6.07, 6.45) is 5.06. The number of rotatable bonds is 2. The summed E-state index contributed by atoms with van der Waals surface area (Å²) in [5, 5.41) is 0. The van der Waals surface area contributed by atoms with E-state index in [-0.39, 0.29) is 11.7 Å². The van der Waals surface area contributed by atoms with Crippen molar-refractivity contribution in [1.29, 1.82) is 0 Å². The second-order valence-electron chi connectivity index (χ2n) is 6.61. The Labute approximate surface area is 145 Å². The number of piperidine rings is 1. The average molecular weight is 340 g/mol. The van der Waals surface area contributed by atoms with Crippen LogP contribution in [0.25, 0.3) is 0 Å². The molecule has 1 fully saturated rings. The minimum Gasteiger partial charge on any atom is -0.444 e. The minimum atomic E-state index is -0.367. The molecule has 1 aromatic rings. The van der Waals surface area contributed by atoms with Crippen LogP contribution in [0.2, 0.25) is 0 Å². The number of carbonyl (C=O) groups excluding carboxylic acids is 1. The highest BCUT2D eigenvalue weighted by Gasteiger charge is 2.22. The van der Waals surface area contributed by atoms with Crippen molar-refractivity contribution >= 4 is 19.0 Å². The maximum Gasteiger partial charge on any atom is 0.410 e. The predicted octanol–water partition coefficient (Wildman–Crippen LogP) is 4.16. The third-order valence-corrected chi connectivity index (χ3v) is 3.33. The van der Waals surface area contributed by atoms with Crippen LogP contribution >= 0.6 is 12.9 Å². The Kier molecular flexibility index (Phi) is 8.41. The first-order chi connectivity index (χ1) is 10.8. The summed E-state index contributed by atoms with van der Waals surface area (Å²) in [6, 6.07) is 3.87. The van der Waals surface area contributed by atoms with Gasteiger partial charge in [0, 0.05) is 25.0 Å². The molecule has 0 spiro atoms. The molecular formula is C17H28N2O3S.